The fourth-order valence-electron chi connectivity index (χ4n) is 1.51. The Morgan fingerprint density at radius 1 is 1.38 bits per heavy atom. The van der Waals surface area contributed by atoms with Crippen LogP contribution in [-0.2, 0) is 6.54 Å². The third-order valence-electron chi connectivity index (χ3n) is 2.73. The summed E-state index contributed by atoms with van der Waals surface area (Å²) in [6.07, 6.45) is 0. The van der Waals surface area contributed by atoms with Gasteiger partial charge in [-0.2, -0.15) is 0 Å². The van der Waals surface area contributed by atoms with Crippen molar-refractivity contribution in [2.45, 2.75) is 33.4 Å². The minimum Gasteiger partial charge on any atom is -0.309 e. The highest BCUT2D eigenvalue weighted by Crippen LogP contribution is 2.18. The first-order valence-electron chi connectivity index (χ1n) is 5.59. The molecule has 1 aromatic carbocycles. The Hall–Kier alpha value is -0.0500. The van der Waals surface area contributed by atoms with Crippen molar-refractivity contribution in [3.05, 3.63) is 34.3 Å². The smallest absolute Gasteiger partial charge is 0.0453 e. The molecule has 0 spiro atoms. The van der Waals surface area contributed by atoms with Crippen molar-refractivity contribution in [3.63, 3.8) is 0 Å². The summed E-state index contributed by atoms with van der Waals surface area (Å²) < 4.78 is 0. The normalized spacial score (nSPS) is 13.1. The number of rotatable bonds is 5. The average Bonchev–Trinajstić information content (AvgIpc) is 2.21. The predicted molar refractivity (Wildman–Crippen MR) is 75.4 cm³/mol. The highest BCUT2D eigenvalue weighted by molar-refractivity contribution is 9.09. The van der Waals surface area contributed by atoms with Crippen LogP contribution in [0.3, 0.4) is 0 Å². The molecule has 90 valence electrons. The number of benzene rings is 1. The molecule has 1 N–H and O–H groups in total. The molecule has 0 heterocycles. The Balaban J connectivity index is 2.60. The van der Waals surface area contributed by atoms with Crippen LogP contribution in [0.1, 0.15) is 25.0 Å². The molecule has 1 unspecified atom stereocenters. The maximum atomic E-state index is 6.18. The first-order chi connectivity index (χ1) is 7.54. The molecule has 0 radical (unpaired) electrons. The van der Waals surface area contributed by atoms with Crippen LogP contribution in [0.4, 0.5) is 0 Å². The minimum atomic E-state index is 0.484. The second-order valence-corrected chi connectivity index (χ2v) is 5.54. The molecule has 1 aromatic rings. The van der Waals surface area contributed by atoms with Gasteiger partial charge in [0, 0.05) is 22.9 Å². The van der Waals surface area contributed by atoms with E-state index in [9.17, 15) is 0 Å². The van der Waals surface area contributed by atoms with Crippen molar-refractivity contribution >= 4 is 27.5 Å². The van der Waals surface area contributed by atoms with Gasteiger partial charge in [-0.3, -0.25) is 0 Å². The largest absolute Gasteiger partial charge is 0.309 e. The van der Waals surface area contributed by atoms with E-state index < -0.39 is 0 Å². The van der Waals surface area contributed by atoms with Crippen LogP contribution < -0.4 is 5.32 Å². The van der Waals surface area contributed by atoms with Crippen molar-refractivity contribution < 1.29 is 0 Å². The molecular weight excluding hydrogens is 286 g/mol. The third-order valence-corrected chi connectivity index (χ3v) is 3.78. The maximum Gasteiger partial charge on any atom is 0.0453 e. The molecule has 3 heteroatoms. The fraction of sp³-hybridized carbons (Fsp3) is 0.538. The van der Waals surface area contributed by atoms with Gasteiger partial charge in [-0.25, -0.2) is 0 Å². The number of halogens is 2. The molecule has 0 aliphatic carbocycles. The number of hydrogen-bond donors (Lipinski definition) is 1. The van der Waals surface area contributed by atoms with Crippen molar-refractivity contribution in [1.29, 1.82) is 0 Å². The zero-order valence-corrected chi connectivity index (χ0v) is 12.4. The molecule has 0 aromatic heterocycles. The molecule has 0 saturated carbocycles. The molecule has 0 saturated heterocycles. The molecule has 1 nitrogen and oxygen atoms in total. The lowest BCUT2D eigenvalue weighted by Crippen LogP contribution is -2.34. The number of aryl methyl sites for hydroxylation is 1. The Morgan fingerprint density at radius 3 is 2.56 bits per heavy atom. The van der Waals surface area contributed by atoms with Gasteiger partial charge < -0.3 is 5.32 Å². The Labute approximate surface area is 112 Å². The molecule has 0 bridgehead atoms. The van der Waals surface area contributed by atoms with Crippen molar-refractivity contribution in [1.82, 2.24) is 5.32 Å². The van der Waals surface area contributed by atoms with Crippen LogP contribution in [0, 0.1) is 12.8 Å². The Morgan fingerprint density at radius 2 is 2.06 bits per heavy atom. The standard InChI is InChI=1S/C13H19BrClN/c1-9(2)13(7-14)16-8-11-5-4-10(3)6-12(11)15/h4-6,9,13,16H,7-8H2,1-3H3. The van der Waals surface area contributed by atoms with Crippen molar-refractivity contribution in [2.75, 3.05) is 5.33 Å². The molecule has 0 amide bonds. The van der Waals surface area contributed by atoms with Gasteiger partial charge in [-0.1, -0.05) is 53.5 Å². The summed E-state index contributed by atoms with van der Waals surface area (Å²) in [7, 11) is 0. The number of alkyl halides is 1. The molecular formula is C13H19BrClN. The SMILES string of the molecule is Cc1ccc(CNC(CBr)C(C)C)c(Cl)c1. The number of nitrogens with one attached hydrogen (secondary N) is 1. The van der Waals surface area contributed by atoms with E-state index in [0.717, 1.165) is 16.9 Å². The van der Waals surface area contributed by atoms with Gasteiger partial charge in [-0.15, -0.1) is 0 Å². The Kier molecular flexibility index (Phi) is 5.81. The van der Waals surface area contributed by atoms with Crippen LogP contribution >= 0.6 is 27.5 Å². The first-order valence-corrected chi connectivity index (χ1v) is 7.09. The topological polar surface area (TPSA) is 12.0 Å². The van der Waals surface area contributed by atoms with E-state index >= 15 is 0 Å². The summed E-state index contributed by atoms with van der Waals surface area (Å²) in [6.45, 7) is 7.32. The second-order valence-electron chi connectivity index (χ2n) is 4.48. The summed E-state index contributed by atoms with van der Waals surface area (Å²) in [5, 5.41) is 5.33. The summed E-state index contributed by atoms with van der Waals surface area (Å²) in [5.74, 6) is 0.614. The van der Waals surface area contributed by atoms with E-state index in [1.165, 1.54) is 11.1 Å². The van der Waals surface area contributed by atoms with Gasteiger partial charge >= 0.3 is 0 Å². The highest BCUT2D eigenvalue weighted by atomic mass is 79.9. The summed E-state index contributed by atoms with van der Waals surface area (Å²) in [6, 6.07) is 6.69. The quantitative estimate of drug-likeness (QED) is 0.806. The monoisotopic (exact) mass is 303 g/mol. The van der Waals surface area contributed by atoms with Gasteiger partial charge in [0.2, 0.25) is 0 Å². The fourth-order valence-corrected chi connectivity index (χ4v) is 2.78. The van der Waals surface area contributed by atoms with Gasteiger partial charge in [0.25, 0.3) is 0 Å². The third kappa shape index (κ3) is 4.08. The summed E-state index contributed by atoms with van der Waals surface area (Å²) in [4.78, 5) is 0. The summed E-state index contributed by atoms with van der Waals surface area (Å²) >= 11 is 9.71. The lowest BCUT2D eigenvalue weighted by atomic mass is 10.1. The molecule has 0 fully saturated rings. The Bertz CT molecular complexity index is 339. The number of hydrogen-bond acceptors (Lipinski definition) is 1. The lowest BCUT2D eigenvalue weighted by molar-refractivity contribution is 0.434. The molecule has 1 atom stereocenters. The summed E-state index contributed by atoms with van der Waals surface area (Å²) in [5.41, 5.74) is 2.37. The zero-order valence-electron chi connectivity index (χ0n) is 10.1. The van der Waals surface area contributed by atoms with Gasteiger partial charge in [0.1, 0.15) is 0 Å². The predicted octanol–water partition coefficient (Wildman–Crippen LogP) is 4.16. The van der Waals surface area contributed by atoms with E-state index in [2.05, 4.69) is 54.2 Å². The maximum absolute atomic E-state index is 6.18. The van der Waals surface area contributed by atoms with Crippen LogP contribution in [0.2, 0.25) is 5.02 Å². The highest BCUT2D eigenvalue weighted by Gasteiger charge is 2.11. The molecule has 16 heavy (non-hydrogen) atoms. The molecule has 0 aliphatic heterocycles. The van der Waals surface area contributed by atoms with Gasteiger partial charge in [0.05, 0.1) is 0 Å². The average molecular weight is 305 g/mol. The second kappa shape index (κ2) is 6.63. The van der Waals surface area contributed by atoms with Crippen molar-refractivity contribution in [2.24, 2.45) is 5.92 Å². The van der Waals surface area contributed by atoms with E-state index in [0.29, 0.717) is 12.0 Å². The van der Waals surface area contributed by atoms with E-state index in [4.69, 9.17) is 11.6 Å². The minimum absolute atomic E-state index is 0.484. The zero-order chi connectivity index (χ0) is 12.1. The van der Waals surface area contributed by atoms with Crippen LogP contribution in [-0.4, -0.2) is 11.4 Å². The van der Waals surface area contributed by atoms with Gasteiger partial charge in [-0.05, 0) is 30.0 Å². The van der Waals surface area contributed by atoms with E-state index in [1.54, 1.807) is 0 Å². The first kappa shape index (κ1) is 14.0. The molecule has 1 rings (SSSR count). The van der Waals surface area contributed by atoms with E-state index in [1.807, 2.05) is 6.07 Å². The van der Waals surface area contributed by atoms with E-state index in [-0.39, 0.29) is 0 Å². The van der Waals surface area contributed by atoms with Crippen LogP contribution in [0.5, 0.6) is 0 Å². The lowest BCUT2D eigenvalue weighted by Gasteiger charge is -2.20. The van der Waals surface area contributed by atoms with Crippen LogP contribution in [0.15, 0.2) is 18.2 Å². The van der Waals surface area contributed by atoms with Crippen LogP contribution in [0.25, 0.3) is 0 Å². The van der Waals surface area contributed by atoms with Crippen molar-refractivity contribution in [3.8, 4) is 0 Å². The molecule has 0 aliphatic rings. The van der Waals surface area contributed by atoms with Gasteiger partial charge in [0.15, 0.2) is 0 Å².